The Morgan fingerprint density at radius 2 is 1.72 bits per heavy atom. The maximum atomic E-state index is 6.02. The van der Waals surface area contributed by atoms with Crippen LogP contribution in [0.25, 0.3) is 0 Å². The summed E-state index contributed by atoms with van der Waals surface area (Å²) in [6, 6.07) is 11.6. The van der Waals surface area contributed by atoms with Crippen LogP contribution in [0, 0.1) is 0 Å². The minimum Gasteiger partial charge on any atom is -0.378 e. The van der Waals surface area contributed by atoms with E-state index in [2.05, 4.69) is 40.5 Å². The van der Waals surface area contributed by atoms with Crippen molar-refractivity contribution in [3.8, 4) is 0 Å². The van der Waals surface area contributed by atoms with E-state index in [-0.39, 0.29) is 0 Å². The number of benzene rings is 1. The van der Waals surface area contributed by atoms with E-state index in [1.807, 2.05) is 0 Å². The average molecular weight is 345 g/mol. The molecular formula is C22H36N2O. The molecule has 0 aromatic heterocycles. The fraction of sp³-hybridized carbons (Fsp3) is 0.727. The fourth-order valence-corrected chi connectivity index (χ4v) is 4.15. The molecule has 25 heavy (non-hydrogen) atoms. The van der Waals surface area contributed by atoms with Crippen molar-refractivity contribution in [2.45, 2.75) is 69.9 Å². The van der Waals surface area contributed by atoms with E-state index >= 15 is 0 Å². The van der Waals surface area contributed by atoms with E-state index in [0.29, 0.717) is 12.1 Å². The molecule has 1 saturated heterocycles. The number of ether oxygens (including phenoxy) is 1. The van der Waals surface area contributed by atoms with Gasteiger partial charge in [-0.15, -0.1) is 0 Å². The van der Waals surface area contributed by atoms with Crippen LogP contribution < -0.4 is 5.32 Å². The van der Waals surface area contributed by atoms with Crippen molar-refractivity contribution >= 4 is 0 Å². The minimum absolute atomic E-state index is 0.557. The van der Waals surface area contributed by atoms with Gasteiger partial charge in [-0.25, -0.2) is 0 Å². The highest BCUT2D eigenvalue weighted by Crippen LogP contribution is 2.20. The molecule has 0 atom stereocenters. The summed E-state index contributed by atoms with van der Waals surface area (Å²) in [5.41, 5.74) is 1.46. The number of piperidine rings is 1. The molecule has 1 saturated carbocycles. The maximum Gasteiger partial charge on any atom is 0.0575 e. The highest BCUT2D eigenvalue weighted by molar-refractivity contribution is 5.14. The van der Waals surface area contributed by atoms with Gasteiger partial charge >= 0.3 is 0 Å². The number of nitrogens with zero attached hydrogens (tertiary/aromatic N) is 1. The first-order valence-corrected chi connectivity index (χ1v) is 10.5. The molecule has 1 N–H and O–H groups in total. The molecule has 1 aromatic carbocycles. The zero-order valence-corrected chi connectivity index (χ0v) is 15.8. The smallest absolute Gasteiger partial charge is 0.0575 e. The lowest BCUT2D eigenvalue weighted by molar-refractivity contribution is 0.0268. The highest BCUT2D eigenvalue weighted by atomic mass is 16.5. The second kappa shape index (κ2) is 10.9. The lowest BCUT2D eigenvalue weighted by atomic mass is 9.98. The normalized spacial score (nSPS) is 20.8. The van der Waals surface area contributed by atoms with Crippen LogP contribution in [0.15, 0.2) is 30.3 Å². The Bertz CT molecular complexity index is 450. The number of rotatable bonds is 9. The van der Waals surface area contributed by atoms with Gasteiger partial charge in [-0.05, 0) is 63.7 Å². The van der Waals surface area contributed by atoms with Crippen LogP contribution in [-0.2, 0) is 11.2 Å². The number of likely N-dealkylation sites (tertiary alicyclic amines) is 1. The fourth-order valence-electron chi connectivity index (χ4n) is 4.15. The van der Waals surface area contributed by atoms with Crippen molar-refractivity contribution in [3.05, 3.63) is 35.9 Å². The second-order valence-corrected chi connectivity index (χ2v) is 7.79. The highest BCUT2D eigenvalue weighted by Gasteiger charge is 2.18. The SMILES string of the molecule is c1ccc(CCN2CCC(NCCCOC3CCCCC3)CC2)cc1. The van der Waals surface area contributed by atoms with E-state index < -0.39 is 0 Å². The van der Waals surface area contributed by atoms with Gasteiger partial charge in [0.05, 0.1) is 6.10 Å². The quantitative estimate of drug-likeness (QED) is 0.685. The Morgan fingerprint density at radius 1 is 0.960 bits per heavy atom. The molecule has 1 aliphatic carbocycles. The number of nitrogens with one attached hydrogen (secondary N) is 1. The molecular weight excluding hydrogens is 308 g/mol. The van der Waals surface area contributed by atoms with Crippen LogP contribution in [-0.4, -0.2) is 49.8 Å². The third-order valence-corrected chi connectivity index (χ3v) is 5.81. The summed E-state index contributed by atoms with van der Waals surface area (Å²) in [7, 11) is 0. The van der Waals surface area contributed by atoms with Gasteiger partial charge in [-0.2, -0.15) is 0 Å². The molecule has 3 heteroatoms. The van der Waals surface area contributed by atoms with Crippen LogP contribution >= 0.6 is 0 Å². The van der Waals surface area contributed by atoms with E-state index in [0.717, 1.165) is 19.6 Å². The average Bonchev–Trinajstić information content (AvgIpc) is 2.69. The Balaban J connectivity index is 1.19. The van der Waals surface area contributed by atoms with Gasteiger partial charge in [-0.1, -0.05) is 49.6 Å². The van der Waals surface area contributed by atoms with Gasteiger partial charge in [0.2, 0.25) is 0 Å². The van der Waals surface area contributed by atoms with E-state index in [1.165, 1.54) is 76.6 Å². The Morgan fingerprint density at radius 3 is 2.48 bits per heavy atom. The standard InChI is InChI=1S/C22H36N2O/c1-3-8-20(9-4-1)12-16-24-17-13-21(14-18-24)23-15-7-19-25-22-10-5-2-6-11-22/h1,3-4,8-9,21-23H,2,5-7,10-19H2. The molecule has 140 valence electrons. The maximum absolute atomic E-state index is 6.02. The van der Waals surface area contributed by atoms with Gasteiger partial charge in [0.1, 0.15) is 0 Å². The van der Waals surface area contributed by atoms with Crippen molar-refractivity contribution in [1.82, 2.24) is 10.2 Å². The molecule has 0 bridgehead atoms. The Kier molecular flexibility index (Phi) is 8.27. The molecule has 1 heterocycles. The van der Waals surface area contributed by atoms with Crippen LogP contribution in [0.2, 0.25) is 0 Å². The summed E-state index contributed by atoms with van der Waals surface area (Å²) in [5.74, 6) is 0. The third kappa shape index (κ3) is 7.08. The number of hydrogen-bond donors (Lipinski definition) is 1. The first kappa shape index (κ1) is 18.9. The second-order valence-electron chi connectivity index (χ2n) is 7.79. The van der Waals surface area contributed by atoms with Crippen LogP contribution in [0.4, 0.5) is 0 Å². The summed E-state index contributed by atoms with van der Waals surface area (Å²) in [6.07, 6.45) is 12.2. The minimum atomic E-state index is 0.557. The molecule has 2 aliphatic rings. The summed E-state index contributed by atoms with van der Waals surface area (Å²) < 4.78 is 6.02. The molecule has 2 fully saturated rings. The molecule has 1 aliphatic heterocycles. The largest absolute Gasteiger partial charge is 0.378 e. The zero-order valence-electron chi connectivity index (χ0n) is 15.8. The molecule has 1 aromatic rings. The molecule has 0 spiro atoms. The van der Waals surface area contributed by atoms with Crippen molar-refractivity contribution in [3.63, 3.8) is 0 Å². The van der Waals surface area contributed by atoms with Crippen molar-refractivity contribution in [1.29, 1.82) is 0 Å². The summed E-state index contributed by atoms with van der Waals surface area (Å²) >= 11 is 0. The van der Waals surface area contributed by atoms with E-state index in [4.69, 9.17) is 4.74 Å². The van der Waals surface area contributed by atoms with Crippen molar-refractivity contribution < 1.29 is 4.74 Å². The summed E-state index contributed by atoms with van der Waals surface area (Å²) in [5, 5.41) is 3.75. The predicted molar refractivity (Wildman–Crippen MR) is 105 cm³/mol. The lowest BCUT2D eigenvalue weighted by Crippen LogP contribution is -2.43. The first-order valence-electron chi connectivity index (χ1n) is 10.5. The Labute approximate surface area is 154 Å². The third-order valence-electron chi connectivity index (χ3n) is 5.81. The van der Waals surface area contributed by atoms with Crippen molar-refractivity contribution in [2.24, 2.45) is 0 Å². The van der Waals surface area contributed by atoms with E-state index in [9.17, 15) is 0 Å². The van der Waals surface area contributed by atoms with Gasteiger partial charge in [0, 0.05) is 19.2 Å². The van der Waals surface area contributed by atoms with Gasteiger partial charge < -0.3 is 15.0 Å². The predicted octanol–water partition coefficient (Wildman–Crippen LogP) is 4.02. The van der Waals surface area contributed by atoms with Gasteiger partial charge in [0.25, 0.3) is 0 Å². The topological polar surface area (TPSA) is 24.5 Å². The Hall–Kier alpha value is -0.900. The van der Waals surface area contributed by atoms with Crippen LogP contribution in [0.1, 0.15) is 56.9 Å². The van der Waals surface area contributed by atoms with Gasteiger partial charge in [0.15, 0.2) is 0 Å². The number of hydrogen-bond acceptors (Lipinski definition) is 3. The molecule has 0 amide bonds. The van der Waals surface area contributed by atoms with Gasteiger partial charge in [-0.3, -0.25) is 0 Å². The monoisotopic (exact) mass is 344 g/mol. The van der Waals surface area contributed by atoms with Crippen LogP contribution in [0.3, 0.4) is 0 Å². The molecule has 3 rings (SSSR count). The summed E-state index contributed by atoms with van der Waals surface area (Å²) in [4.78, 5) is 2.62. The first-order chi connectivity index (χ1) is 12.4. The zero-order chi connectivity index (χ0) is 17.2. The summed E-state index contributed by atoms with van der Waals surface area (Å²) in [6.45, 7) is 5.73. The van der Waals surface area contributed by atoms with Crippen LogP contribution in [0.5, 0.6) is 0 Å². The molecule has 0 radical (unpaired) electrons. The van der Waals surface area contributed by atoms with Crippen molar-refractivity contribution in [2.75, 3.05) is 32.8 Å². The molecule has 0 unspecified atom stereocenters. The lowest BCUT2D eigenvalue weighted by Gasteiger charge is -2.32. The molecule has 3 nitrogen and oxygen atoms in total. The van der Waals surface area contributed by atoms with E-state index in [1.54, 1.807) is 0 Å².